The van der Waals surface area contributed by atoms with Crippen molar-refractivity contribution in [3.63, 3.8) is 0 Å². The number of carbonyl (C=O) groups is 1. The van der Waals surface area contributed by atoms with Gasteiger partial charge in [-0.05, 0) is 13.0 Å². The van der Waals surface area contributed by atoms with Crippen LogP contribution in [0.3, 0.4) is 0 Å². The van der Waals surface area contributed by atoms with E-state index in [9.17, 15) is 19.3 Å². The van der Waals surface area contributed by atoms with Gasteiger partial charge in [-0.1, -0.05) is 0 Å². The van der Waals surface area contributed by atoms with E-state index in [1.807, 2.05) is 0 Å². The molecule has 1 rings (SSSR count). The third kappa shape index (κ3) is 2.90. The largest absolute Gasteiger partial charge is 0.322 e. The van der Waals surface area contributed by atoms with Crippen LogP contribution >= 0.6 is 11.6 Å². The van der Waals surface area contributed by atoms with Crippen molar-refractivity contribution in [1.29, 1.82) is 0 Å². The Morgan fingerprint density at radius 2 is 2.25 bits per heavy atom. The SMILES string of the molecule is CC(Cl)C(=O)Nc1cc([N+](=O)[O-])ccc1F. The summed E-state index contributed by atoms with van der Waals surface area (Å²) in [6.07, 6.45) is 0. The van der Waals surface area contributed by atoms with Crippen LogP contribution in [0.25, 0.3) is 0 Å². The minimum absolute atomic E-state index is 0.258. The number of rotatable bonds is 3. The maximum Gasteiger partial charge on any atom is 0.271 e. The van der Waals surface area contributed by atoms with Crippen molar-refractivity contribution in [2.45, 2.75) is 12.3 Å². The minimum Gasteiger partial charge on any atom is -0.322 e. The number of benzene rings is 1. The van der Waals surface area contributed by atoms with Crippen LogP contribution in [0.4, 0.5) is 15.8 Å². The van der Waals surface area contributed by atoms with Crippen molar-refractivity contribution in [3.05, 3.63) is 34.1 Å². The highest BCUT2D eigenvalue weighted by molar-refractivity contribution is 6.32. The molecule has 0 spiro atoms. The van der Waals surface area contributed by atoms with Crippen molar-refractivity contribution in [3.8, 4) is 0 Å². The van der Waals surface area contributed by atoms with Crippen molar-refractivity contribution in [2.75, 3.05) is 5.32 Å². The molecule has 0 aliphatic heterocycles. The predicted octanol–water partition coefficient (Wildman–Crippen LogP) is 2.30. The Morgan fingerprint density at radius 3 is 2.75 bits per heavy atom. The Labute approximate surface area is 95.4 Å². The molecule has 1 N–H and O–H groups in total. The molecule has 0 radical (unpaired) electrons. The van der Waals surface area contributed by atoms with E-state index in [1.54, 1.807) is 0 Å². The number of nitro groups is 1. The van der Waals surface area contributed by atoms with Gasteiger partial charge in [0.15, 0.2) is 0 Å². The molecule has 0 saturated carbocycles. The van der Waals surface area contributed by atoms with Crippen LogP contribution < -0.4 is 5.32 Å². The summed E-state index contributed by atoms with van der Waals surface area (Å²) in [6.45, 7) is 1.41. The monoisotopic (exact) mass is 246 g/mol. The van der Waals surface area contributed by atoms with Crippen molar-refractivity contribution in [1.82, 2.24) is 0 Å². The Hall–Kier alpha value is -1.69. The van der Waals surface area contributed by atoms with Gasteiger partial charge in [-0.3, -0.25) is 14.9 Å². The van der Waals surface area contributed by atoms with Gasteiger partial charge in [-0.2, -0.15) is 0 Å². The lowest BCUT2D eigenvalue weighted by molar-refractivity contribution is -0.384. The Bertz CT molecular complexity index is 437. The molecule has 0 aliphatic rings. The molecule has 1 amide bonds. The normalized spacial score (nSPS) is 11.9. The molecule has 0 heterocycles. The highest BCUT2D eigenvalue weighted by Crippen LogP contribution is 2.21. The zero-order valence-corrected chi connectivity index (χ0v) is 8.99. The molecular formula is C9H8ClFN2O3. The third-order valence-electron chi connectivity index (χ3n) is 1.78. The molecule has 0 fully saturated rings. The molecule has 1 aromatic carbocycles. The molecule has 0 bridgehead atoms. The Balaban J connectivity index is 2.99. The van der Waals surface area contributed by atoms with Crippen LogP contribution in [-0.4, -0.2) is 16.2 Å². The molecular weight excluding hydrogens is 239 g/mol. The van der Waals surface area contributed by atoms with E-state index < -0.39 is 22.0 Å². The van der Waals surface area contributed by atoms with Gasteiger partial charge < -0.3 is 5.32 Å². The molecule has 0 aromatic heterocycles. The lowest BCUT2D eigenvalue weighted by atomic mass is 10.2. The first kappa shape index (κ1) is 12.4. The second kappa shape index (κ2) is 4.89. The number of anilines is 1. The first-order valence-electron chi connectivity index (χ1n) is 4.30. The number of hydrogen-bond donors (Lipinski definition) is 1. The average Bonchev–Trinajstić information content (AvgIpc) is 2.20. The van der Waals surface area contributed by atoms with Crippen LogP contribution in [0.15, 0.2) is 18.2 Å². The summed E-state index contributed by atoms with van der Waals surface area (Å²) in [5.74, 6) is -1.38. The van der Waals surface area contributed by atoms with Gasteiger partial charge in [0.1, 0.15) is 11.2 Å². The first-order chi connectivity index (χ1) is 7.41. The maximum atomic E-state index is 13.2. The van der Waals surface area contributed by atoms with Gasteiger partial charge in [0.25, 0.3) is 5.69 Å². The molecule has 0 aliphatic carbocycles. The van der Waals surface area contributed by atoms with Gasteiger partial charge >= 0.3 is 0 Å². The fourth-order valence-corrected chi connectivity index (χ4v) is 1.01. The highest BCUT2D eigenvalue weighted by Gasteiger charge is 2.15. The quantitative estimate of drug-likeness (QED) is 0.505. The van der Waals surface area contributed by atoms with Gasteiger partial charge in [0.05, 0.1) is 10.6 Å². The number of nitrogens with zero attached hydrogens (tertiary/aromatic N) is 1. The summed E-state index contributed by atoms with van der Waals surface area (Å²) < 4.78 is 13.2. The Kier molecular flexibility index (Phi) is 3.78. The molecule has 86 valence electrons. The molecule has 7 heteroatoms. The van der Waals surface area contributed by atoms with E-state index >= 15 is 0 Å². The van der Waals surface area contributed by atoms with Crippen LogP contribution in [0.2, 0.25) is 0 Å². The minimum atomic E-state index is -0.848. The number of hydrogen-bond acceptors (Lipinski definition) is 3. The molecule has 16 heavy (non-hydrogen) atoms. The first-order valence-corrected chi connectivity index (χ1v) is 4.74. The second-order valence-electron chi connectivity index (χ2n) is 3.03. The molecule has 1 atom stereocenters. The molecule has 5 nitrogen and oxygen atoms in total. The Morgan fingerprint density at radius 1 is 1.62 bits per heavy atom. The highest BCUT2D eigenvalue weighted by atomic mass is 35.5. The van der Waals surface area contributed by atoms with E-state index in [-0.39, 0.29) is 11.4 Å². The number of nitrogens with one attached hydrogen (secondary N) is 1. The van der Waals surface area contributed by atoms with Crippen molar-refractivity contribution >= 4 is 28.9 Å². The number of carbonyl (C=O) groups excluding carboxylic acids is 1. The molecule has 1 aromatic rings. The van der Waals surface area contributed by atoms with Gasteiger partial charge in [-0.15, -0.1) is 11.6 Å². The lowest BCUT2D eigenvalue weighted by Gasteiger charge is -2.07. The number of halogens is 2. The zero-order chi connectivity index (χ0) is 12.3. The molecule has 0 saturated heterocycles. The standard InChI is InChI=1S/C9H8ClFN2O3/c1-5(10)9(14)12-8-4-6(13(15)16)2-3-7(8)11/h2-5H,1H3,(H,12,14). The van der Waals surface area contributed by atoms with E-state index in [0.717, 1.165) is 18.2 Å². The fraction of sp³-hybridized carbons (Fsp3) is 0.222. The lowest BCUT2D eigenvalue weighted by Crippen LogP contribution is -2.21. The molecule has 1 unspecified atom stereocenters. The van der Waals surface area contributed by atoms with Crippen LogP contribution in [0, 0.1) is 15.9 Å². The van der Waals surface area contributed by atoms with E-state index in [1.165, 1.54) is 6.92 Å². The number of amides is 1. The number of non-ortho nitro benzene ring substituents is 1. The van der Waals surface area contributed by atoms with E-state index in [0.29, 0.717) is 0 Å². The van der Waals surface area contributed by atoms with E-state index in [2.05, 4.69) is 5.32 Å². The zero-order valence-electron chi connectivity index (χ0n) is 8.24. The average molecular weight is 247 g/mol. The maximum absolute atomic E-state index is 13.2. The predicted molar refractivity (Wildman–Crippen MR) is 57.0 cm³/mol. The van der Waals surface area contributed by atoms with E-state index in [4.69, 9.17) is 11.6 Å². The summed E-state index contributed by atoms with van der Waals surface area (Å²) in [6, 6.07) is 2.86. The number of alkyl halides is 1. The van der Waals surface area contributed by atoms with Gasteiger partial charge in [-0.25, -0.2) is 4.39 Å². The van der Waals surface area contributed by atoms with Crippen molar-refractivity contribution < 1.29 is 14.1 Å². The van der Waals surface area contributed by atoms with Crippen LogP contribution in [-0.2, 0) is 4.79 Å². The van der Waals surface area contributed by atoms with Crippen molar-refractivity contribution in [2.24, 2.45) is 0 Å². The van der Waals surface area contributed by atoms with Crippen LogP contribution in [0.5, 0.6) is 0 Å². The third-order valence-corrected chi connectivity index (χ3v) is 1.98. The summed E-state index contributed by atoms with van der Waals surface area (Å²) in [4.78, 5) is 20.9. The van der Waals surface area contributed by atoms with Gasteiger partial charge in [0.2, 0.25) is 5.91 Å². The summed E-state index contributed by atoms with van der Waals surface area (Å²) in [5.41, 5.74) is -0.564. The van der Waals surface area contributed by atoms with Gasteiger partial charge in [0, 0.05) is 12.1 Å². The number of nitro benzene ring substituents is 1. The fourth-order valence-electron chi connectivity index (χ4n) is 0.955. The topological polar surface area (TPSA) is 72.2 Å². The summed E-state index contributed by atoms with van der Waals surface area (Å²) in [7, 11) is 0. The summed E-state index contributed by atoms with van der Waals surface area (Å²) >= 11 is 5.46. The van der Waals surface area contributed by atoms with Crippen LogP contribution in [0.1, 0.15) is 6.92 Å². The summed E-state index contributed by atoms with van der Waals surface area (Å²) in [5, 5.41) is 11.7. The smallest absolute Gasteiger partial charge is 0.271 e. The second-order valence-corrected chi connectivity index (χ2v) is 3.68.